The second-order valence-corrected chi connectivity index (χ2v) is 3.82. The number of rotatable bonds is 4. The van der Waals surface area contributed by atoms with Gasteiger partial charge in [0.05, 0.1) is 6.07 Å². The summed E-state index contributed by atoms with van der Waals surface area (Å²) in [7, 11) is 2.12. The van der Waals surface area contributed by atoms with E-state index >= 15 is 0 Å². The fourth-order valence-electron chi connectivity index (χ4n) is 1.97. The number of nitrogens with zero attached hydrogens (tertiary/aromatic N) is 2. The molecule has 0 radical (unpaired) electrons. The molecule has 0 saturated heterocycles. The first-order valence-electron chi connectivity index (χ1n) is 4.88. The Labute approximate surface area is 75.2 Å². The van der Waals surface area contributed by atoms with Gasteiger partial charge in [-0.2, -0.15) is 5.26 Å². The third kappa shape index (κ3) is 3.23. The van der Waals surface area contributed by atoms with E-state index < -0.39 is 0 Å². The molecule has 0 heterocycles. The highest BCUT2D eigenvalue weighted by atomic mass is 15.1. The van der Waals surface area contributed by atoms with E-state index in [2.05, 4.69) is 18.0 Å². The van der Waals surface area contributed by atoms with E-state index in [1.165, 1.54) is 32.2 Å². The zero-order chi connectivity index (χ0) is 8.81. The zero-order valence-electron chi connectivity index (χ0n) is 7.92. The molecule has 1 aliphatic carbocycles. The lowest BCUT2D eigenvalue weighted by Crippen LogP contribution is -2.25. The van der Waals surface area contributed by atoms with Gasteiger partial charge in [-0.3, -0.25) is 0 Å². The highest BCUT2D eigenvalue weighted by molar-refractivity contribution is 4.74. The lowest BCUT2D eigenvalue weighted by molar-refractivity contribution is 0.283. The minimum atomic E-state index is 0.670. The molecular formula is C10H18N2. The molecule has 1 saturated carbocycles. The van der Waals surface area contributed by atoms with Gasteiger partial charge in [-0.15, -0.1) is 0 Å². The smallest absolute Gasteiger partial charge is 0.0635 e. The molecule has 0 unspecified atom stereocenters. The second-order valence-electron chi connectivity index (χ2n) is 3.82. The largest absolute Gasteiger partial charge is 0.305 e. The summed E-state index contributed by atoms with van der Waals surface area (Å²) in [4.78, 5) is 2.29. The van der Waals surface area contributed by atoms with Gasteiger partial charge in [0, 0.05) is 19.5 Å². The van der Waals surface area contributed by atoms with Crippen LogP contribution in [-0.4, -0.2) is 25.0 Å². The maximum absolute atomic E-state index is 8.40. The van der Waals surface area contributed by atoms with Crippen LogP contribution in [0.4, 0.5) is 0 Å². The van der Waals surface area contributed by atoms with Crippen molar-refractivity contribution in [1.82, 2.24) is 4.90 Å². The molecule has 0 aromatic rings. The second kappa shape index (κ2) is 5.16. The molecule has 0 atom stereocenters. The predicted molar refractivity (Wildman–Crippen MR) is 49.7 cm³/mol. The van der Waals surface area contributed by atoms with Crippen LogP contribution in [0.5, 0.6) is 0 Å². The molecule has 68 valence electrons. The normalized spacial score (nSPS) is 18.4. The zero-order valence-corrected chi connectivity index (χ0v) is 7.92. The van der Waals surface area contributed by atoms with Gasteiger partial charge in [-0.1, -0.05) is 12.8 Å². The van der Waals surface area contributed by atoms with Crippen molar-refractivity contribution >= 4 is 0 Å². The van der Waals surface area contributed by atoms with Gasteiger partial charge in [-0.25, -0.2) is 0 Å². The Kier molecular flexibility index (Phi) is 4.10. The van der Waals surface area contributed by atoms with Crippen LogP contribution in [0.2, 0.25) is 0 Å². The van der Waals surface area contributed by atoms with Gasteiger partial charge in [0.1, 0.15) is 0 Å². The quantitative estimate of drug-likeness (QED) is 0.639. The van der Waals surface area contributed by atoms with E-state index in [1.807, 2.05) is 0 Å². The van der Waals surface area contributed by atoms with E-state index in [-0.39, 0.29) is 0 Å². The third-order valence-corrected chi connectivity index (χ3v) is 2.65. The molecule has 0 aromatic heterocycles. The van der Waals surface area contributed by atoms with Gasteiger partial charge < -0.3 is 4.90 Å². The minimum absolute atomic E-state index is 0.670. The lowest BCUT2D eigenvalue weighted by Gasteiger charge is -2.18. The highest BCUT2D eigenvalue weighted by Crippen LogP contribution is 2.24. The Hall–Kier alpha value is -0.550. The maximum atomic E-state index is 8.40. The molecule has 0 spiro atoms. The average Bonchev–Trinajstić information content (AvgIpc) is 2.53. The van der Waals surface area contributed by atoms with Crippen molar-refractivity contribution in [1.29, 1.82) is 5.26 Å². The first kappa shape index (κ1) is 9.54. The van der Waals surface area contributed by atoms with Crippen molar-refractivity contribution in [2.45, 2.75) is 32.1 Å². The summed E-state index contributed by atoms with van der Waals surface area (Å²) in [5.41, 5.74) is 0. The van der Waals surface area contributed by atoms with E-state index in [4.69, 9.17) is 5.26 Å². The highest BCUT2D eigenvalue weighted by Gasteiger charge is 2.16. The minimum Gasteiger partial charge on any atom is -0.305 e. The van der Waals surface area contributed by atoms with Crippen LogP contribution in [-0.2, 0) is 0 Å². The molecular weight excluding hydrogens is 148 g/mol. The molecule has 1 aliphatic rings. The van der Waals surface area contributed by atoms with Crippen LogP contribution >= 0.6 is 0 Å². The molecule has 2 heteroatoms. The van der Waals surface area contributed by atoms with Crippen molar-refractivity contribution in [2.75, 3.05) is 20.1 Å². The van der Waals surface area contributed by atoms with Crippen molar-refractivity contribution in [2.24, 2.45) is 5.92 Å². The van der Waals surface area contributed by atoms with Crippen molar-refractivity contribution in [3.8, 4) is 6.07 Å². The van der Waals surface area contributed by atoms with Crippen LogP contribution in [0.15, 0.2) is 0 Å². The van der Waals surface area contributed by atoms with Crippen LogP contribution < -0.4 is 0 Å². The Morgan fingerprint density at radius 3 is 2.67 bits per heavy atom. The molecule has 0 N–H and O–H groups in total. The summed E-state index contributed by atoms with van der Waals surface area (Å²) in [6, 6.07) is 2.18. The van der Waals surface area contributed by atoms with Crippen molar-refractivity contribution < 1.29 is 0 Å². The number of nitriles is 1. The van der Waals surface area contributed by atoms with Gasteiger partial charge in [0.25, 0.3) is 0 Å². The summed E-state index contributed by atoms with van der Waals surface area (Å²) in [5.74, 6) is 0.911. The topological polar surface area (TPSA) is 27.0 Å². The molecule has 2 nitrogen and oxygen atoms in total. The third-order valence-electron chi connectivity index (χ3n) is 2.65. The predicted octanol–water partition coefficient (Wildman–Crippen LogP) is 2.02. The maximum Gasteiger partial charge on any atom is 0.0635 e. The van der Waals surface area contributed by atoms with Crippen LogP contribution in [0, 0.1) is 17.2 Å². The summed E-state index contributed by atoms with van der Waals surface area (Å²) in [6.07, 6.45) is 6.30. The lowest BCUT2D eigenvalue weighted by atomic mass is 10.1. The fraction of sp³-hybridized carbons (Fsp3) is 0.900. The van der Waals surface area contributed by atoms with Gasteiger partial charge >= 0.3 is 0 Å². The Morgan fingerprint density at radius 1 is 1.42 bits per heavy atom. The Morgan fingerprint density at radius 2 is 2.08 bits per heavy atom. The SMILES string of the molecule is CN(CCC#N)CC1CCCC1. The van der Waals surface area contributed by atoms with Gasteiger partial charge in [-0.05, 0) is 25.8 Å². The first-order valence-corrected chi connectivity index (χ1v) is 4.88. The summed E-state index contributed by atoms with van der Waals surface area (Å²) in [5, 5.41) is 8.40. The molecule has 12 heavy (non-hydrogen) atoms. The molecule has 1 fully saturated rings. The van der Waals surface area contributed by atoms with Crippen LogP contribution in [0.3, 0.4) is 0 Å². The standard InChI is InChI=1S/C10H18N2/c1-12(8-4-7-11)9-10-5-2-3-6-10/h10H,2-6,8-9H2,1H3. The number of hydrogen-bond donors (Lipinski definition) is 0. The first-order chi connectivity index (χ1) is 5.83. The van der Waals surface area contributed by atoms with Crippen molar-refractivity contribution in [3.63, 3.8) is 0 Å². The summed E-state index contributed by atoms with van der Waals surface area (Å²) in [6.45, 7) is 2.13. The summed E-state index contributed by atoms with van der Waals surface area (Å²) < 4.78 is 0. The molecule has 0 aliphatic heterocycles. The van der Waals surface area contributed by atoms with Gasteiger partial charge in [0.2, 0.25) is 0 Å². The molecule has 0 aromatic carbocycles. The fourth-order valence-corrected chi connectivity index (χ4v) is 1.97. The molecule has 0 bridgehead atoms. The van der Waals surface area contributed by atoms with E-state index in [1.54, 1.807) is 0 Å². The molecule has 0 amide bonds. The van der Waals surface area contributed by atoms with Crippen LogP contribution in [0.25, 0.3) is 0 Å². The number of hydrogen-bond acceptors (Lipinski definition) is 2. The van der Waals surface area contributed by atoms with Crippen molar-refractivity contribution in [3.05, 3.63) is 0 Å². The monoisotopic (exact) mass is 166 g/mol. The average molecular weight is 166 g/mol. The van der Waals surface area contributed by atoms with E-state index in [9.17, 15) is 0 Å². The van der Waals surface area contributed by atoms with E-state index in [0.29, 0.717) is 6.42 Å². The Balaban J connectivity index is 2.08. The molecule has 1 rings (SSSR count). The van der Waals surface area contributed by atoms with Gasteiger partial charge in [0.15, 0.2) is 0 Å². The van der Waals surface area contributed by atoms with E-state index in [0.717, 1.165) is 12.5 Å². The summed E-state index contributed by atoms with van der Waals surface area (Å²) >= 11 is 0. The van der Waals surface area contributed by atoms with Crippen LogP contribution in [0.1, 0.15) is 32.1 Å². The Bertz CT molecular complexity index is 154.